The summed E-state index contributed by atoms with van der Waals surface area (Å²) in [5.41, 5.74) is 0. The number of ether oxygens (including phenoxy) is 1. The quantitative estimate of drug-likeness (QED) is 0.382. The Balaban J connectivity index is 2.61. The first-order valence-corrected chi connectivity index (χ1v) is 3.24. The van der Waals surface area contributed by atoms with Gasteiger partial charge in [-0.3, -0.25) is 4.79 Å². The summed E-state index contributed by atoms with van der Waals surface area (Å²) in [6.07, 6.45) is -1.94. The molecule has 0 aromatic rings. The first-order valence-electron chi connectivity index (χ1n) is 2.80. The topological polar surface area (TPSA) is 66.8 Å². The van der Waals surface area contributed by atoms with Crippen molar-refractivity contribution in [1.29, 1.82) is 0 Å². The van der Waals surface area contributed by atoms with Gasteiger partial charge < -0.3 is 14.9 Å². The van der Waals surface area contributed by atoms with Crippen molar-refractivity contribution in [3.8, 4) is 0 Å². The molecule has 0 aliphatic carbocycles. The fourth-order valence-corrected chi connectivity index (χ4v) is 0.971. The van der Waals surface area contributed by atoms with E-state index in [0.29, 0.717) is 0 Å². The molecule has 5 heteroatoms. The van der Waals surface area contributed by atoms with E-state index in [-0.39, 0.29) is 0 Å². The van der Waals surface area contributed by atoms with Crippen molar-refractivity contribution in [2.45, 2.75) is 17.6 Å². The van der Waals surface area contributed by atoms with Crippen molar-refractivity contribution in [3.05, 3.63) is 0 Å². The molecule has 0 spiro atoms. The molecule has 1 aliphatic rings. The number of cyclic esters (lactones) is 1. The van der Waals surface area contributed by atoms with E-state index < -0.39 is 30.2 Å². The van der Waals surface area contributed by atoms with Crippen LogP contribution in [0.1, 0.15) is 0 Å². The summed E-state index contributed by atoms with van der Waals surface area (Å²) in [6.45, 7) is -0.393. The largest absolute Gasteiger partial charge is 0.456 e. The van der Waals surface area contributed by atoms with Gasteiger partial charge in [0.25, 0.3) is 0 Å². The molecule has 0 amide bonds. The van der Waals surface area contributed by atoms with Gasteiger partial charge in [-0.25, -0.2) is 0 Å². The Morgan fingerprint density at radius 3 is 2.50 bits per heavy atom. The maximum atomic E-state index is 10.5. The van der Waals surface area contributed by atoms with Crippen LogP contribution in [-0.4, -0.2) is 40.4 Å². The number of halogens is 1. The third-order valence-corrected chi connectivity index (χ3v) is 1.79. The second-order valence-electron chi connectivity index (χ2n) is 2.05. The molecule has 1 rings (SSSR count). The highest BCUT2D eigenvalue weighted by molar-refractivity contribution is 6.31. The predicted molar refractivity (Wildman–Crippen MR) is 32.6 cm³/mol. The summed E-state index contributed by atoms with van der Waals surface area (Å²) in [4.78, 5) is 10.5. The SMILES string of the molecule is O=C1O[C@H](CO)[C@@H](O)C1Cl. The average Bonchev–Trinajstić information content (AvgIpc) is 2.17. The molecule has 1 fully saturated rings. The Morgan fingerprint density at radius 1 is 1.70 bits per heavy atom. The van der Waals surface area contributed by atoms with Gasteiger partial charge in [0.15, 0.2) is 11.5 Å². The summed E-state index contributed by atoms with van der Waals surface area (Å²) in [6, 6.07) is 0. The minimum atomic E-state index is -1.08. The van der Waals surface area contributed by atoms with E-state index in [0.717, 1.165) is 0 Å². The van der Waals surface area contributed by atoms with Gasteiger partial charge in [0.2, 0.25) is 0 Å². The fourth-order valence-electron chi connectivity index (χ4n) is 0.757. The molecular formula is C5H7ClO4. The summed E-state index contributed by atoms with van der Waals surface area (Å²) in [5.74, 6) is -0.673. The Morgan fingerprint density at radius 2 is 2.30 bits per heavy atom. The standard InChI is InChI=1S/C5H7ClO4/c6-3-4(8)2(1-7)10-5(3)9/h2-4,7-8H,1H2/t2-,3?,4-/m1/s1. The molecule has 0 aromatic heterocycles. The van der Waals surface area contributed by atoms with E-state index >= 15 is 0 Å². The lowest BCUT2D eigenvalue weighted by atomic mass is 10.2. The van der Waals surface area contributed by atoms with Gasteiger partial charge >= 0.3 is 5.97 Å². The molecule has 3 atom stereocenters. The third kappa shape index (κ3) is 1.10. The number of esters is 1. The summed E-state index contributed by atoms with van der Waals surface area (Å²) in [5, 5.41) is 16.4. The molecule has 4 nitrogen and oxygen atoms in total. The minimum absolute atomic E-state index is 0.393. The summed E-state index contributed by atoms with van der Waals surface area (Å²) in [7, 11) is 0. The molecule has 1 saturated heterocycles. The van der Waals surface area contributed by atoms with Crippen LogP contribution in [0.2, 0.25) is 0 Å². The molecule has 1 unspecified atom stereocenters. The lowest BCUT2D eigenvalue weighted by molar-refractivity contribution is -0.143. The van der Waals surface area contributed by atoms with Crippen molar-refractivity contribution < 1.29 is 19.7 Å². The highest BCUT2D eigenvalue weighted by Crippen LogP contribution is 2.19. The second kappa shape index (κ2) is 2.74. The van der Waals surface area contributed by atoms with Gasteiger partial charge in [-0.2, -0.15) is 0 Å². The highest BCUT2D eigenvalue weighted by Gasteiger charge is 2.41. The van der Waals surface area contributed by atoms with Crippen molar-refractivity contribution >= 4 is 17.6 Å². The van der Waals surface area contributed by atoms with Crippen LogP contribution in [-0.2, 0) is 9.53 Å². The Bertz CT molecular complexity index is 149. The van der Waals surface area contributed by atoms with Crippen LogP contribution in [0.15, 0.2) is 0 Å². The maximum Gasteiger partial charge on any atom is 0.327 e. The zero-order chi connectivity index (χ0) is 7.72. The van der Waals surface area contributed by atoms with Crippen molar-refractivity contribution in [2.75, 3.05) is 6.61 Å². The van der Waals surface area contributed by atoms with Crippen LogP contribution in [0, 0.1) is 0 Å². The maximum absolute atomic E-state index is 10.5. The number of aliphatic hydroxyl groups is 2. The van der Waals surface area contributed by atoms with Crippen molar-refractivity contribution in [3.63, 3.8) is 0 Å². The van der Waals surface area contributed by atoms with Gasteiger partial charge in [-0.1, -0.05) is 0 Å². The number of hydrogen-bond donors (Lipinski definition) is 2. The first-order chi connectivity index (χ1) is 4.66. The van der Waals surface area contributed by atoms with E-state index in [1.165, 1.54) is 0 Å². The van der Waals surface area contributed by atoms with Crippen molar-refractivity contribution in [1.82, 2.24) is 0 Å². The van der Waals surface area contributed by atoms with Crippen LogP contribution in [0.25, 0.3) is 0 Å². The van der Waals surface area contributed by atoms with E-state index in [4.69, 9.17) is 21.8 Å². The summed E-state index contributed by atoms with van der Waals surface area (Å²) >= 11 is 5.35. The van der Waals surface area contributed by atoms with E-state index in [9.17, 15) is 4.79 Å². The molecule has 0 aromatic carbocycles. The molecule has 0 saturated carbocycles. The molecule has 0 radical (unpaired) electrons. The third-order valence-electron chi connectivity index (χ3n) is 1.35. The molecular weight excluding hydrogens is 160 g/mol. The van der Waals surface area contributed by atoms with E-state index in [1.54, 1.807) is 0 Å². The van der Waals surface area contributed by atoms with E-state index in [1.807, 2.05) is 0 Å². The molecule has 0 bridgehead atoms. The Kier molecular flexibility index (Phi) is 2.13. The lowest BCUT2D eigenvalue weighted by Gasteiger charge is -2.08. The first kappa shape index (κ1) is 7.78. The number of carbonyl (C=O) groups is 1. The number of aliphatic hydroxyl groups excluding tert-OH is 2. The van der Waals surface area contributed by atoms with Crippen LogP contribution >= 0.6 is 11.6 Å². The average molecular weight is 167 g/mol. The zero-order valence-electron chi connectivity index (χ0n) is 5.03. The number of rotatable bonds is 1. The van der Waals surface area contributed by atoms with Crippen molar-refractivity contribution in [2.24, 2.45) is 0 Å². The van der Waals surface area contributed by atoms with Crippen LogP contribution < -0.4 is 0 Å². The monoisotopic (exact) mass is 166 g/mol. The van der Waals surface area contributed by atoms with Crippen LogP contribution in [0.5, 0.6) is 0 Å². The lowest BCUT2D eigenvalue weighted by Crippen LogP contribution is -2.29. The smallest absolute Gasteiger partial charge is 0.327 e. The molecule has 2 N–H and O–H groups in total. The highest BCUT2D eigenvalue weighted by atomic mass is 35.5. The number of alkyl halides is 1. The molecule has 1 heterocycles. The van der Waals surface area contributed by atoms with Gasteiger partial charge in [0, 0.05) is 0 Å². The van der Waals surface area contributed by atoms with Gasteiger partial charge in [-0.15, -0.1) is 11.6 Å². The van der Waals surface area contributed by atoms with Gasteiger partial charge in [-0.05, 0) is 0 Å². The molecule has 10 heavy (non-hydrogen) atoms. The van der Waals surface area contributed by atoms with Crippen LogP contribution in [0.4, 0.5) is 0 Å². The zero-order valence-corrected chi connectivity index (χ0v) is 5.78. The Labute approximate surface area is 62.4 Å². The number of carbonyl (C=O) groups excluding carboxylic acids is 1. The molecule has 58 valence electrons. The van der Waals surface area contributed by atoms with Gasteiger partial charge in [0.05, 0.1) is 6.61 Å². The summed E-state index contributed by atoms with van der Waals surface area (Å²) < 4.78 is 4.46. The van der Waals surface area contributed by atoms with Gasteiger partial charge in [0.1, 0.15) is 6.10 Å². The van der Waals surface area contributed by atoms with Crippen LogP contribution in [0.3, 0.4) is 0 Å². The normalized spacial score (nSPS) is 39.9. The van der Waals surface area contributed by atoms with E-state index in [2.05, 4.69) is 4.74 Å². The predicted octanol–water partition coefficient (Wildman–Crippen LogP) is -1.13. The number of hydrogen-bond acceptors (Lipinski definition) is 4. The molecule has 1 aliphatic heterocycles. The second-order valence-corrected chi connectivity index (χ2v) is 2.52. The minimum Gasteiger partial charge on any atom is -0.456 e. The fraction of sp³-hybridized carbons (Fsp3) is 0.800. The Hall–Kier alpha value is -0.320.